The van der Waals surface area contributed by atoms with Crippen molar-refractivity contribution in [3.63, 3.8) is 0 Å². The Morgan fingerprint density at radius 1 is 0.949 bits per heavy atom. The quantitative estimate of drug-likeness (QED) is 0.312. The topological polar surface area (TPSA) is 80.3 Å². The van der Waals surface area contributed by atoms with Crippen LogP contribution in [-0.4, -0.2) is 32.0 Å². The van der Waals surface area contributed by atoms with Crippen LogP contribution in [0, 0.1) is 17.5 Å². The number of nitrogens with two attached hydrogens (primary N) is 1. The molecule has 10 heteroatoms. The van der Waals surface area contributed by atoms with Crippen LogP contribution in [-0.2, 0) is 13.6 Å². The first-order valence-corrected chi connectivity index (χ1v) is 12.2. The van der Waals surface area contributed by atoms with Crippen molar-refractivity contribution in [3.05, 3.63) is 108 Å². The van der Waals surface area contributed by atoms with Crippen molar-refractivity contribution in [3.8, 4) is 11.1 Å². The van der Waals surface area contributed by atoms with E-state index in [-0.39, 0.29) is 30.0 Å². The average Bonchev–Trinajstić information content (AvgIpc) is 3.43. The van der Waals surface area contributed by atoms with E-state index in [1.165, 1.54) is 22.2 Å². The molecule has 1 unspecified atom stereocenters. The molecular weight excluding hydrogens is 505 g/mol. The van der Waals surface area contributed by atoms with Gasteiger partial charge in [-0.1, -0.05) is 30.3 Å². The second-order valence-electron chi connectivity index (χ2n) is 9.46. The molecule has 3 aromatic carbocycles. The molecule has 0 spiro atoms. The lowest BCUT2D eigenvalue weighted by Crippen LogP contribution is -2.32. The van der Waals surface area contributed by atoms with Crippen molar-refractivity contribution < 1.29 is 18.0 Å². The Morgan fingerprint density at radius 3 is 2.51 bits per heavy atom. The Hall–Kier alpha value is -4.86. The summed E-state index contributed by atoms with van der Waals surface area (Å²) in [7, 11) is 1.78. The van der Waals surface area contributed by atoms with Gasteiger partial charge in [0.1, 0.15) is 35.2 Å². The summed E-state index contributed by atoms with van der Waals surface area (Å²) in [6.07, 6.45) is 3.07. The van der Waals surface area contributed by atoms with Crippen LogP contribution in [0.15, 0.2) is 79.3 Å². The van der Waals surface area contributed by atoms with Crippen molar-refractivity contribution in [1.29, 1.82) is 0 Å². The first-order valence-electron chi connectivity index (χ1n) is 12.2. The average molecular weight is 529 g/mol. The molecule has 0 radical (unpaired) electrons. The number of urea groups is 1. The van der Waals surface area contributed by atoms with Gasteiger partial charge >= 0.3 is 6.03 Å². The zero-order chi connectivity index (χ0) is 27.3. The SMILES string of the molecule is Cn1cc(-c2ccc(N3CC(c4cc(F)ccc4F)N(Cc4ccccc4)C3=O)cc2F)c2c(N)ncnc21. The molecule has 7 nitrogen and oxygen atoms in total. The van der Waals surface area contributed by atoms with Gasteiger partial charge in [0.25, 0.3) is 0 Å². The smallest absolute Gasteiger partial charge is 0.325 e. The molecule has 0 bridgehead atoms. The number of amides is 2. The van der Waals surface area contributed by atoms with Crippen molar-refractivity contribution in [2.45, 2.75) is 12.6 Å². The van der Waals surface area contributed by atoms with E-state index in [4.69, 9.17) is 5.73 Å². The fourth-order valence-corrected chi connectivity index (χ4v) is 5.18. The molecule has 1 saturated heterocycles. The molecule has 2 aromatic heterocycles. The number of fused-ring (bicyclic) bond motifs is 1. The maximum absolute atomic E-state index is 15.6. The minimum absolute atomic E-state index is 0.0138. The fraction of sp³-hybridized carbons (Fsp3) is 0.138. The third-order valence-electron chi connectivity index (χ3n) is 7.06. The molecule has 2 amide bonds. The molecule has 1 aliphatic heterocycles. The highest BCUT2D eigenvalue weighted by Crippen LogP contribution is 2.39. The van der Waals surface area contributed by atoms with E-state index >= 15 is 4.39 Å². The zero-order valence-corrected chi connectivity index (χ0v) is 20.9. The summed E-state index contributed by atoms with van der Waals surface area (Å²) < 4.78 is 46.3. The van der Waals surface area contributed by atoms with Gasteiger partial charge in [-0.3, -0.25) is 4.90 Å². The molecule has 5 aromatic rings. The van der Waals surface area contributed by atoms with E-state index in [2.05, 4.69) is 9.97 Å². The van der Waals surface area contributed by atoms with Crippen molar-refractivity contribution in [1.82, 2.24) is 19.4 Å². The van der Waals surface area contributed by atoms with Crippen molar-refractivity contribution in [2.24, 2.45) is 7.05 Å². The Morgan fingerprint density at radius 2 is 1.74 bits per heavy atom. The molecule has 0 aliphatic carbocycles. The van der Waals surface area contributed by atoms with E-state index in [9.17, 15) is 13.6 Å². The fourth-order valence-electron chi connectivity index (χ4n) is 5.18. The number of benzene rings is 3. The number of carbonyl (C=O) groups is 1. The molecular formula is C29H23F3N6O. The largest absolute Gasteiger partial charge is 0.383 e. The van der Waals surface area contributed by atoms with Gasteiger partial charge in [-0.15, -0.1) is 0 Å². The molecule has 2 N–H and O–H groups in total. The molecule has 1 aliphatic rings. The first kappa shape index (κ1) is 24.5. The van der Waals surface area contributed by atoms with Crippen molar-refractivity contribution in [2.75, 3.05) is 17.2 Å². The van der Waals surface area contributed by atoms with Gasteiger partial charge in [0.05, 0.1) is 18.0 Å². The number of hydrogen-bond donors (Lipinski definition) is 1. The summed E-state index contributed by atoms with van der Waals surface area (Å²) in [6.45, 7) is 0.187. The Bertz CT molecular complexity index is 1720. The molecule has 1 fully saturated rings. The summed E-state index contributed by atoms with van der Waals surface area (Å²) in [5.41, 5.74) is 8.61. The van der Waals surface area contributed by atoms with E-state index in [1.807, 2.05) is 30.3 Å². The van der Waals surface area contributed by atoms with Crippen LogP contribution < -0.4 is 10.6 Å². The Labute approximate surface area is 221 Å². The molecule has 39 heavy (non-hydrogen) atoms. The summed E-state index contributed by atoms with van der Waals surface area (Å²) in [4.78, 5) is 24.8. The molecule has 1 atom stereocenters. The lowest BCUT2D eigenvalue weighted by atomic mass is 10.0. The minimum Gasteiger partial charge on any atom is -0.383 e. The van der Waals surface area contributed by atoms with Gasteiger partial charge in [-0.05, 0) is 42.0 Å². The van der Waals surface area contributed by atoms with Crippen LogP contribution in [0.3, 0.4) is 0 Å². The third-order valence-corrected chi connectivity index (χ3v) is 7.06. The third kappa shape index (κ3) is 4.23. The van der Waals surface area contributed by atoms with Gasteiger partial charge in [-0.2, -0.15) is 0 Å². The van der Waals surface area contributed by atoms with E-state index < -0.39 is 29.5 Å². The predicted molar refractivity (Wildman–Crippen MR) is 142 cm³/mol. The Balaban J connectivity index is 1.39. The highest BCUT2D eigenvalue weighted by molar-refractivity contribution is 6.01. The number of rotatable bonds is 5. The number of aryl methyl sites for hydroxylation is 1. The number of nitrogens with zero attached hydrogens (tertiary/aromatic N) is 5. The highest BCUT2D eigenvalue weighted by Gasteiger charge is 2.40. The monoisotopic (exact) mass is 528 g/mol. The van der Waals surface area contributed by atoms with Gasteiger partial charge in [0.2, 0.25) is 0 Å². The Kier molecular flexibility index (Phi) is 5.94. The number of aromatic nitrogens is 3. The second-order valence-corrected chi connectivity index (χ2v) is 9.46. The van der Waals surface area contributed by atoms with Crippen molar-refractivity contribution >= 4 is 28.6 Å². The number of carbonyl (C=O) groups excluding carboxylic acids is 1. The zero-order valence-electron chi connectivity index (χ0n) is 20.9. The normalized spacial score (nSPS) is 15.5. The van der Waals surface area contributed by atoms with Gasteiger partial charge in [0, 0.05) is 42.2 Å². The lowest BCUT2D eigenvalue weighted by Gasteiger charge is -2.24. The maximum atomic E-state index is 15.6. The molecule has 3 heterocycles. The minimum atomic E-state index is -0.786. The molecule has 0 saturated carbocycles. The molecule has 6 rings (SSSR count). The number of nitrogen functional groups attached to an aromatic ring is 1. The van der Waals surface area contributed by atoms with E-state index in [0.717, 1.165) is 23.8 Å². The number of anilines is 2. The summed E-state index contributed by atoms with van der Waals surface area (Å²) >= 11 is 0. The van der Waals surface area contributed by atoms with Crippen LogP contribution >= 0.6 is 0 Å². The lowest BCUT2D eigenvalue weighted by molar-refractivity contribution is 0.202. The van der Waals surface area contributed by atoms with Gasteiger partial charge in [0.15, 0.2) is 0 Å². The maximum Gasteiger partial charge on any atom is 0.325 e. The summed E-state index contributed by atoms with van der Waals surface area (Å²) in [6, 6.07) is 15.6. The highest BCUT2D eigenvalue weighted by atomic mass is 19.1. The second kappa shape index (κ2) is 9.46. The molecule has 196 valence electrons. The van der Waals surface area contributed by atoms with E-state index in [1.54, 1.807) is 29.9 Å². The summed E-state index contributed by atoms with van der Waals surface area (Å²) in [5.74, 6) is -1.58. The van der Waals surface area contributed by atoms with Crippen LogP contribution in [0.4, 0.5) is 29.5 Å². The standard InChI is InChI=1S/C29H23F3N6O/c1-36-14-22(26-27(33)34-16-35-28(26)36)20-9-8-19(12-24(20)32)37-15-25(21-11-18(30)7-10-23(21)31)38(29(37)39)13-17-5-3-2-4-6-17/h2-12,14,16,25H,13,15H2,1H3,(H2,33,34,35). The van der Waals surface area contributed by atoms with Crippen LogP contribution in [0.1, 0.15) is 17.2 Å². The van der Waals surface area contributed by atoms with Crippen LogP contribution in [0.5, 0.6) is 0 Å². The van der Waals surface area contributed by atoms with E-state index in [0.29, 0.717) is 22.3 Å². The van der Waals surface area contributed by atoms with Gasteiger partial charge < -0.3 is 15.2 Å². The summed E-state index contributed by atoms with van der Waals surface area (Å²) in [5, 5.41) is 0.527. The number of halogens is 3. The van der Waals surface area contributed by atoms with Crippen LogP contribution in [0.2, 0.25) is 0 Å². The van der Waals surface area contributed by atoms with Crippen LogP contribution in [0.25, 0.3) is 22.2 Å². The predicted octanol–water partition coefficient (Wildman–Crippen LogP) is 5.82. The first-order chi connectivity index (χ1) is 18.8. The van der Waals surface area contributed by atoms with Gasteiger partial charge in [-0.25, -0.2) is 27.9 Å². The number of hydrogen-bond acceptors (Lipinski definition) is 4.